The highest BCUT2D eigenvalue weighted by atomic mass is 16.2. The molecule has 0 spiro atoms. The Morgan fingerprint density at radius 2 is 2.37 bits per heavy atom. The molecule has 1 aliphatic heterocycles. The van der Waals surface area contributed by atoms with Crippen molar-refractivity contribution >= 4 is 17.3 Å². The van der Waals surface area contributed by atoms with Crippen molar-refractivity contribution in [3.05, 3.63) is 42.0 Å². The lowest BCUT2D eigenvalue weighted by Gasteiger charge is -2.21. The number of amides is 1. The van der Waals surface area contributed by atoms with E-state index in [9.17, 15) is 4.79 Å². The van der Waals surface area contributed by atoms with Crippen LogP contribution in [0.1, 0.15) is 22.5 Å². The fraction of sp³-hybridized carbons (Fsp3) is 0.286. The largest absolute Gasteiger partial charge is 0.385 e. The van der Waals surface area contributed by atoms with Gasteiger partial charge in [0.1, 0.15) is 5.69 Å². The van der Waals surface area contributed by atoms with Gasteiger partial charge in [-0.25, -0.2) is 4.98 Å². The van der Waals surface area contributed by atoms with E-state index in [4.69, 9.17) is 0 Å². The molecule has 2 N–H and O–H groups in total. The van der Waals surface area contributed by atoms with Gasteiger partial charge in [0.05, 0.1) is 12.5 Å². The maximum absolute atomic E-state index is 12.2. The SMILES string of the molecule is Cn1cncc1C(=O)Nc1cccc2c1CCCN2. The maximum Gasteiger partial charge on any atom is 0.273 e. The molecular formula is C14H16N4O. The fourth-order valence-electron chi connectivity index (χ4n) is 2.39. The van der Waals surface area contributed by atoms with Crippen LogP contribution in [-0.2, 0) is 13.5 Å². The van der Waals surface area contributed by atoms with E-state index in [-0.39, 0.29) is 5.91 Å². The van der Waals surface area contributed by atoms with Crippen LogP contribution in [0.25, 0.3) is 0 Å². The number of rotatable bonds is 2. The van der Waals surface area contributed by atoms with Crippen molar-refractivity contribution in [3.8, 4) is 0 Å². The Bertz CT molecular complexity index is 618. The summed E-state index contributed by atoms with van der Waals surface area (Å²) in [5.74, 6) is -0.126. The van der Waals surface area contributed by atoms with Crippen molar-refractivity contribution in [1.29, 1.82) is 0 Å². The third kappa shape index (κ3) is 2.19. The molecule has 0 unspecified atom stereocenters. The monoisotopic (exact) mass is 256 g/mol. The first kappa shape index (κ1) is 11.8. The van der Waals surface area contributed by atoms with E-state index in [1.54, 1.807) is 17.1 Å². The highest BCUT2D eigenvalue weighted by Crippen LogP contribution is 2.29. The average molecular weight is 256 g/mol. The van der Waals surface area contributed by atoms with E-state index in [1.807, 2.05) is 25.2 Å². The summed E-state index contributed by atoms with van der Waals surface area (Å²) in [6.45, 7) is 0.992. The molecule has 5 nitrogen and oxygen atoms in total. The van der Waals surface area contributed by atoms with Crippen LogP contribution >= 0.6 is 0 Å². The predicted molar refractivity (Wildman–Crippen MR) is 74.4 cm³/mol. The Morgan fingerprint density at radius 1 is 1.47 bits per heavy atom. The summed E-state index contributed by atoms with van der Waals surface area (Å²) >= 11 is 0. The lowest BCUT2D eigenvalue weighted by Crippen LogP contribution is -2.19. The number of imidazole rings is 1. The molecule has 98 valence electrons. The number of aryl methyl sites for hydroxylation is 1. The van der Waals surface area contributed by atoms with Gasteiger partial charge in [-0.15, -0.1) is 0 Å². The minimum Gasteiger partial charge on any atom is -0.385 e. The zero-order valence-corrected chi connectivity index (χ0v) is 10.8. The molecule has 5 heteroatoms. The second kappa shape index (κ2) is 4.76. The van der Waals surface area contributed by atoms with Crippen LogP contribution in [0, 0.1) is 0 Å². The first-order valence-corrected chi connectivity index (χ1v) is 6.39. The molecule has 0 saturated heterocycles. The van der Waals surface area contributed by atoms with Crippen LogP contribution in [-0.4, -0.2) is 22.0 Å². The number of anilines is 2. The second-order valence-corrected chi connectivity index (χ2v) is 4.71. The van der Waals surface area contributed by atoms with Gasteiger partial charge in [-0.3, -0.25) is 4.79 Å². The second-order valence-electron chi connectivity index (χ2n) is 4.71. The summed E-state index contributed by atoms with van der Waals surface area (Å²) < 4.78 is 1.71. The number of hydrogen-bond acceptors (Lipinski definition) is 3. The van der Waals surface area contributed by atoms with Gasteiger partial charge in [-0.05, 0) is 30.5 Å². The molecule has 1 aliphatic rings. The van der Waals surface area contributed by atoms with E-state index in [1.165, 1.54) is 5.56 Å². The number of carbonyl (C=O) groups excluding carboxylic acids is 1. The number of nitrogens with zero attached hydrogens (tertiary/aromatic N) is 2. The lowest BCUT2D eigenvalue weighted by atomic mass is 10.0. The number of benzene rings is 1. The lowest BCUT2D eigenvalue weighted by molar-refractivity contribution is 0.101. The number of carbonyl (C=O) groups is 1. The molecule has 0 radical (unpaired) electrons. The molecule has 1 aromatic carbocycles. The van der Waals surface area contributed by atoms with Crippen molar-refractivity contribution in [3.63, 3.8) is 0 Å². The molecule has 2 aromatic rings. The van der Waals surface area contributed by atoms with E-state index in [2.05, 4.69) is 15.6 Å². The Balaban J connectivity index is 1.88. The van der Waals surface area contributed by atoms with Gasteiger partial charge in [-0.2, -0.15) is 0 Å². The van der Waals surface area contributed by atoms with Gasteiger partial charge in [0.25, 0.3) is 5.91 Å². The van der Waals surface area contributed by atoms with Crippen LogP contribution in [0.5, 0.6) is 0 Å². The van der Waals surface area contributed by atoms with Crippen molar-refractivity contribution in [1.82, 2.24) is 9.55 Å². The minimum atomic E-state index is -0.126. The normalized spacial score (nSPS) is 13.5. The van der Waals surface area contributed by atoms with Crippen LogP contribution in [0.3, 0.4) is 0 Å². The van der Waals surface area contributed by atoms with Crippen molar-refractivity contribution in [2.45, 2.75) is 12.8 Å². The number of nitrogens with one attached hydrogen (secondary N) is 2. The molecular weight excluding hydrogens is 240 g/mol. The molecule has 1 aromatic heterocycles. The molecule has 0 saturated carbocycles. The zero-order valence-electron chi connectivity index (χ0n) is 10.8. The molecule has 0 bridgehead atoms. The highest BCUT2D eigenvalue weighted by Gasteiger charge is 2.16. The number of hydrogen-bond donors (Lipinski definition) is 2. The standard InChI is InChI=1S/C14H16N4O/c1-18-9-15-8-13(18)14(19)17-12-6-2-5-11-10(12)4-3-7-16-11/h2,5-6,8-9,16H,3-4,7H2,1H3,(H,17,19). The topological polar surface area (TPSA) is 59.0 Å². The number of aromatic nitrogens is 2. The van der Waals surface area contributed by atoms with Crippen molar-refractivity contribution in [2.24, 2.45) is 7.05 Å². The summed E-state index contributed by atoms with van der Waals surface area (Å²) in [5, 5.41) is 6.33. The summed E-state index contributed by atoms with van der Waals surface area (Å²) in [5.41, 5.74) is 3.75. The van der Waals surface area contributed by atoms with E-state index < -0.39 is 0 Å². The summed E-state index contributed by atoms with van der Waals surface area (Å²) in [6, 6.07) is 5.95. The average Bonchev–Trinajstić information content (AvgIpc) is 2.85. The molecule has 19 heavy (non-hydrogen) atoms. The van der Waals surface area contributed by atoms with Crippen LogP contribution in [0.2, 0.25) is 0 Å². The Hall–Kier alpha value is -2.30. The van der Waals surface area contributed by atoms with Gasteiger partial charge in [0, 0.05) is 25.0 Å². The third-order valence-corrected chi connectivity index (χ3v) is 3.39. The minimum absolute atomic E-state index is 0.126. The van der Waals surface area contributed by atoms with E-state index in [0.29, 0.717) is 5.69 Å². The van der Waals surface area contributed by atoms with Crippen LogP contribution in [0.4, 0.5) is 11.4 Å². The highest BCUT2D eigenvalue weighted by molar-refractivity contribution is 6.03. The zero-order chi connectivity index (χ0) is 13.2. The van der Waals surface area contributed by atoms with E-state index in [0.717, 1.165) is 30.8 Å². The van der Waals surface area contributed by atoms with Gasteiger partial charge >= 0.3 is 0 Å². The van der Waals surface area contributed by atoms with Gasteiger partial charge < -0.3 is 15.2 Å². The van der Waals surface area contributed by atoms with Crippen molar-refractivity contribution < 1.29 is 4.79 Å². The first-order chi connectivity index (χ1) is 9.25. The van der Waals surface area contributed by atoms with Crippen LogP contribution < -0.4 is 10.6 Å². The molecule has 0 aliphatic carbocycles. The molecule has 3 rings (SSSR count). The first-order valence-electron chi connectivity index (χ1n) is 6.39. The van der Waals surface area contributed by atoms with Gasteiger partial charge in [0.2, 0.25) is 0 Å². The van der Waals surface area contributed by atoms with Crippen LogP contribution in [0.15, 0.2) is 30.7 Å². The quantitative estimate of drug-likeness (QED) is 0.864. The number of fused-ring (bicyclic) bond motifs is 1. The Morgan fingerprint density at radius 3 is 3.16 bits per heavy atom. The maximum atomic E-state index is 12.2. The smallest absolute Gasteiger partial charge is 0.273 e. The molecule has 0 fully saturated rings. The summed E-state index contributed by atoms with van der Waals surface area (Å²) in [6.07, 6.45) is 5.27. The Kier molecular flexibility index (Phi) is 2.95. The summed E-state index contributed by atoms with van der Waals surface area (Å²) in [7, 11) is 1.81. The third-order valence-electron chi connectivity index (χ3n) is 3.39. The Labute approximate surface area is 111 Å². The van der Waals surface area contributed by atoms with Crippen molar-refractivity contribution in [2.75, 3.05) is 17.2 Å². The molecule has 2 heterocycles. The predicted octanol–water partition coefficient (Wildman–Crippen LogP) is 2.03. The summed E-state index contributed by atoms with van der Waals surface area (Å²) in [4.78, 5) is 16.2. The molecule has 0 atom stereocenters. The van der Waals surface area contributed by atoms with E-state index >= 15 is 0 Å². The van der Waals surface area contributed by atoms with Gasteiger partial charge in [0.15, 0.2) is 0 Å². The molecule has 1 amide bonds. The fourth-order valence-corrected chi connectivity index (χ4v) is 2.39. The van der Waals surface area contributed by atoms with Gasteiger partial charge in [-0.1, -0.05) is 6.07 Å².